The van der Waals surface area contributed by atoms with Crippen LogP contribution in [-0.2, 0) is 11.2 Å². The minimum absolute atomic E-state index is 0.194. The molecule has 21 heavy (non-hydrogen) atoms. The third-order valence-corrected chi connectivity index (χ3v) is 4.35. The maximum absolute atomic E-state index is 11.6. The molecule has 1 unspecified atom stereocenters. The Morgan fingerprint density at radius 3 is 2.57 bits per heavy atom. The van der Waals surface area contributed by atoms with Crippen LogP contribution in [0.2, 0.25) is 0 Å². The summed E-state index contributed by atoms with van der Waals surface area (Å²) in [5.74, 6) is 0.341. The van der Waals surface area contributed by atoms with E-state index in [0.717, 1.165) is 31.0 Å². The molecule has 0 bridgehead atoms. The van der Waals surface area contributed by atoms with Crippen LogP contribution in [-0.4, -0.2) is 35.3 Å². The minimum atomic E-state index is -0.251. The number of carbonyl (C=O) groups is 2. The number of amides is 3. The molecule has 0 radical (unpaired) electrons. The van der Waals surface area contributed by atoms with Crippen LogP contribution in [0.5, 0.6) is 0 Å². The number of urea groups is 1. The van der Waals surface area contributed by atoms with E-state index in [1.165, 1.54) is 5.56 Å². The highest BCUT2D eigenvalue weighted by Gasteiger charge is 2.26. The van der Waals surface area contributed by atoms with Gasteiger partial charge in [-0.25, -0.2) is 4.79 Å². The van der Waals surface area contributed by atoms with Gasteiger partial charge in [0.25, 0.3) is 0 Å². The molecule has 1 atom stereocenters. The van der Waals surface area contributed by atoms with Crippen molar-refractivity contribution in [1.82, 2.24) is 10.2 Å². The van der Waals surface area contributed by atoms with Gasteiger partial charge in [-0.15, -0.1) is 0 Å². The summed E-state index contributed by atoms with van der Waals surface area (Å²) in [6.45, 7) is 0.854. The molecule has 1 N–H and O–H groups in total. The summed E-state index contributed by atoms with van der Waals surface area (Å²) in [6.07, 6.45) is 4.21. The van der Waals surface area contributed by atoms with E-state index in [1.54, 1.807) is 4.90 Å². The average molecular weight is 353 g/mol. The Balaban J connectivity index is 1.87. The second-order valence-electron chi connectivity index (χ2n) is 5.45. The zero-order valence-corrected chi connectivity index (χ0v) is 13.6. The molecule has 0 saturated carbocycles. The molecule has 1 aromatic carbocycles. The van der Waals surface area contributed by atoms with Gasteiger partial charge >= 0.3 is 6.03 Å². The van der Waals surface area contributed by atoms with Crippen LogP contribution in [0.1, 0.15) is 24.8 Å². The molecule has 4 nitrogen and oxygen atoms in total. The van der Waals surface area contributed by atoms with E-state index in [-0.39, 0.29) is 18.5 Å². The van der Waals surface area contributed by atoms with Crippen LogP contribution < -0.4 is 5.32 Å². The standard InChI is InChI=1S/C16H21BrN2O2/c17-9-4-7-14(11-13-5-2-1-3-6-13)8-10-19-12-15(20)18-16(19)21/h1-3,5-6,14H,4,7-12H2,(H,18,20,21). The Labute approximate surface area is 134 Å². The van der Waals surface area contributed by atoms with Crippen LogP contribution in [0.15, 0.2) is 30.3 Å². The van der Waals surface area contributed by atoms with Crippen LogP contribution in [0.3, 0.4) is 0 Å². The molecule has 1 aliphatic rings. The first kappa shape index (κ1) is 16.0. The highest BCUT2D eigenvalue weighted by molar-refractivity contribution is 9.09. The molecule has 1 fully saturated rings. The molecule has 1 aliphatic heterocycles. The van der Waals surface area contributed by atoms with Crippen molar-refractivity contribution in [3.05, 3.63) is 35.9 Å². The third-order valence-electron chi connectivity index (χ3n) is 3.79. The summed E-state index contributed by atoms with van der Waals surface area (Å²) in [7, 11) is 0. The Hall–Kier alpha value is -1.36. The average Bonchev–Trinajstić information content (AvgIpc) is 2.81. The summed E-state index contributed by atoms with van der Waals surface area (Å²) in [4.78, 5) is 24.4. The van der Waals surface area contributed by atoms with E-state index in [2.05, 4.69) is 45.5 Å². The molecule has 1 aromatic rings. The lowest BCUT2D eigenvalue weighted by molar-refractivity contribution is -0.118. The van der Waals surface area contributed by atoms with Crippen molar-refractivity contribution in [2.45, 2.75) is 25.7 Å². The van der Waals surface area contributed by atoms with E-state index in [9.17, 15) is 9.59 Å². The number of nitrogens with zero attached hydrogens (tertiary/aromatic N) is 1. The molecular weight excluding hydrogens is 332 g/mol. The largest absolute Gasteiger partial charge is 0.324 e. The minimum Gasteiger partial charge on any atom is -0.315 e. The summed E-state index contributed by atoms with van der Waals surface area (Å²) in [5, 5.41) is 3.32. The molecular formula is C16H21BrN2O2. The van der Waals surface area contributed by atoms with E-state index in [4.69, 9.17) is 0 Å². The van der Waals surface area contributed by atoms with Gasteiger partial charge in [0, 0.05) is 11.9 Å². The van der Waals surface area contributed by atoms with Crippen molar-refractivity contribution in [2.24, 2.45) is 5.92 Å². The zero-order chi connectivity index (χ0) is 15.1. The Morgan fingerprint density at radius 2 is 1.95 bits per heavy atom. The van der Waals surface area contributed by atoms with E-state index >= 15 is 0 Å². The highest BCUT2D eigenvalue weighted by Crippen LogP contribution is 2.19. The van der Waals surface area contributed by atoms with Gasteiger partial charge in [0.15, 0.2) is 0 Å². The van der Waals surface area contributed by atoms with Crippen molar-refractivity contribution in [1.29, 1.82) is 0 Å². The van der Waals surface area contributed by atoms with Gasteiger partial charge in [0.05, 0.1) is 0 Å². The second kappa shape index (κ2) is 8.17. The van der Waals surface area contributed by atoms with Gasteiger partial charge in [0.2, 0.25) is 5.91 Å². The molecule has 0 spiro atoms. The van der Waals surface area contributed by atoms with Crippen molar-refractivity contribution in [2.75, 3.05) is 18.4 Å². The normalized spacial score (nSPS) is 16.1. The Bertz CT molecular complexity index is 478. The number of hydrogen-bond acceptors (Lipinski definition) is 2. The zero-order valence-electron chi connectivity index (χ0n) is 12.1. The van der Waals surface area contributed by atoms with Crippen molar-refractivity contribution < 1.29 is 9.59 Å². The summed E-state index contributed by atoms with van der Waals surface area (Å²) in [6, 6.07) is 10.2. The van der Waals surface area contributed by atoms with E-state index in [1.807, 2.05) is 6.07 Å². The molecule has 0 aliphatic carbocycles. The van der Waals surface area contributed by atoms with Gasteiger partial charge in [0.1, 0.15) is 6.54 Å². The van der Waals surface area contributed by atoms with Gasteiger partial charge < -0.3 is 4.90 Å². The molecule has 3 amide bonds. The molecule has 1 heterocycles. The summed E-state index contributed by atoms with van der Waals surface area (Å²) < 4.78 is 0. The predicted octanol–water partition coefficient (Wildman–Crippen LogP) is 2.96. The SMILES string of the molecule is O=C1CN(CCC(CCCBr)Cc2ccccc2)C(=O)N1. The van der Waals surface area contributed by atoms with E-state index in [0.29, 0.717) is 12.5 Å². The first-order valence-electron chi connectivity index (χ1n) is 7.37. The smallest absolute Gasteiger partial charge is 0.315 e. The monoisotopic (exact) mass is 352 g/mol. The van der Waals surface area contributed by atoms with Gasteiger partial charge in [-0.1, -0.05) is 46.3 Å². The topological polar surface area (TPSA) is 49.4 Å². The fourth-order valence-corrected chi connectivity index (χ4v) is 2.99. The van der Waals surface area contributed by atoms with Crippen LogP contribution in [0.25, 0.3) is 0 Å². The number of benzene rings is 1. The third kappa shape index (κ3) is 5.16. The van der Waals surface area contributed by atoms with Gasteiger partial charge in [-0.2, -0.15) is 0 Å². The molecule has 0 aromatic heterocycles. The van der Waals surface area contributed by atoms with Crippen LogP contribution in [0, 0.1) is 5.92 Å². The predicted molar refractivity (Wildman–Crippen MR) is 86.4 cm³/mol. The number of rotatable bonds is 8. The second-order valence-corrected chi connectivity index (χ2v) is 6.24. The van der Waals surface area contributed by atoms with Crippen molar-refractivity contribution in [3.63, 3.8) is 0 Å². The molecule has 1 saturated heterocycles. The van der Waals surface area contributed by atoms with Crippen LogP contribution in [0.4, 0.5) is 4.79 Å². The fourth-order valence-electron chi connectivity index (χ4n) is 2.66. The number of hydrogen-bond donors (Lipinski definition) is 1. The summed E-state index contributed by atoms with van der Waals surface area (Å²) >= 11 is 3.48. The number of halogens is 1. The molecule has 5 heteroatoms. The Kier molecular flexibility index (Phi) is 6.23. The number of nitrogens with one attached hydrogen (secondary N) is 1. The van der Waals surface area contributed by atoms with Crippen LogP contribution >= 0.6 is 15.9 Å². The van der Waals surface area contributed by atoms with E-state index < -0.39 is 0 Å². The Morgan fingerprint density at radius 1 is 1.19 bits per heavy atom. The van der Waals surface area contributed by atoms with Gasteiger partial charge in [-0.05, 0) is 37.2 Å². The molecule has 2 rings (SSSR count). The number of alkyl halides is 1. The van der Waals surface area contributed by atoms with Crippen molar-refractivity contribution in [3.8, 4) is 0 Å². The van der Waals surface area contributed by atoms with Gasteiger partial charge in [-0.3, -0.25) is 10.1 Å². The van der Waals surface area contributed by atoms with Crippen molar-refractivity contribution >= 4 is 27.9 Å². The highest BCUT2D eigenvalue weighted by atomic mass is 79.9. The maximum Gasteiger partial charge on any atom is 0.324 e. The lowest BCUT2D eigenvalue weighted by Gasteiger charge is -2.20. The fraction of sp³-hybridized carbons (Fsp3) is 0.500. The lowest BCUT2D eigenvalue weighted by atomic mass is 9.92. The maximum atomic E-state index is 11.6. The summed E-state index contributed by atoms with van der Waals surface area (Å²) in [5.41, 5.74) is 1.33. The number of imide groups is 1. The molecule has 114 valence electrons. The lowest BCUT2D eigenvalue weighted by Crippen LogP contribution is -2.30. The first-order chi connectivity index (χ1) is 10.2. The quantitative estimate of drug-likeness (QED) is 0.577. The number of carbonyl (C=O) groups excluding carboxylic acids is 2. The first-order valence-corrected chi connectivity index (χ1v) is 8.50.